The van der Waals surface area contributed by atoms with Crippen LogP contribution in [-0.4, -0.2) is 40.1 Å². The summed E-state index contributed by atoms with van der Waals surface area (Å²) in [5, 5.41) is 17.3. The maximum atomic E-state index is 10.6. The standard InChI is InChI=1S/C11H14N2O4/c12-9-3-1-8(2-4-9)5-13(6-10(14)15)7-11(16)17/h1-4H,5-7,12H2,(H,14,15)(H,16,17). The molecule has 0 aliphatic carbocycles. The molecule has 1 aromatic carbocycles. The van der Waals surface area contributed by atoms with Crippen molar-refractivity contribution in [2.24, 2.45) is 0 Å². The molecule has 17 heavy (non-hydrogen) atoms. The first-order valence-corrected chi connectivity index (χ1v) is 4.97. The second kappa shape index (κ2) is 5.86. The molecule has 0 heterocycles. The van der Waals surface area contributed by atoms with Gasteiger partial charge in [0.05, 0.1) is 13.1 Å². The van der Waals surface area contributed by atoms with E-state index in [1.807, 2.05) is 0 Å². The van der Waals surface area contributed by atoms with E-state index in [9.17, 15) is 9.59 Å². The van der Waals surface area contributed by atoms with Gasteiger partial charge in [0.15, 0.2) is 0 Å². The molecule has 92 valence electrons. The van der Waals surface area contributed by atoms with Gasteiger partial charge in [-0.2, -0.15) is 0 Å². The number of carbonyl (C=O) groups is 2. The molecule has 0 aromatic heterocycles. The fraction of sp³-hybridized carbons (Fsp3) is 0.273. The summed E-state index contributed by atoms with van der Waals surface area (Å²) in [6.45, 7) is -0.355. The minimum absolute atomic E-state index is 0.263. The highest BCUT2D eigenvalue weighted by atomic mass is 16.4. The Hall–Kier alpha value is -2.08. The van der Waals surface area contributed by atoms with Crippen LogP contribution in [0.25, 0.3) is 0 Å². The zero-order chi connectivity index (χ0) is 12.8. The van der Waals surface area contributed by atoms with E-state index in [-0.39, 0.29) is 19.6 Å². The van der Waals surface area contributed by atoms with Crippen molar-refractivity contribution in [1.82, 2.24) is 4.90 Å². The molecule has 0 atom stereocenters. The van der Waals surface area contributed by atoms with Crippen LogP contribution in [0.3, 0.4) is 0 Å². The van der Waals surface area contributed by atoms with E-state index in [0.29, 0.717) is 5.69 Å². The molecular weight excluding hydrogens is 224 g/mol. The van der Waals surface area contributed by atoms with Crippen molar-refractivity contribution < 1.29 is 19.8 Å². The van der Waals surface area contributed by atoms with Crippen LogP contribution in [0.5, 0.6) is 0 Å². The Morgan fingerprint density at radius 2 is 1.53 bits per heavy atom. The Balaban J connectivity index is 2.67. The highest BCUT2D eigenvalue weighted by Crippen LogP contribution is 2.08. The number of rotatable bonds is 6. The highest BCUT2D eigenvalue weighted by Gasteiger charge is 2.13. The molecule has 0 bridgehead atoms. The maximum Gasteiger partial charge on any atom is 0.317 e. The quantitative estimate of drug-likeness (QED) is 0.613. The van der Waals surface area contributed by atoms with Gasteiger partial charge >= 0.3 is 11.9 Å². The molecular formula is C11H14N2O4. The smallest absolute Gasteiger partial charge is 0.317 e. The maximum absolute atomic E-state index is 10.6. The van der Waals surface area contributed by atoms with Crippen molar-refractivity contribution in [2.75, 3.05) is 18.8 Å². The number of aliphatic carboxylic acids is 2. The zero-order valence-electron chi connectivity index (χ0n) is 9.17. The largest absolute Gasteiger partial charge is 0.480 e. The number of carboxylic acid groups (broad SMARTS) is 2. The molecule has 0 aliphatic rings. The summed E-state index contributed by atoms with van der Waals surface area (Å²) in [4.78, 5) is 22.5. The fourth-order valence-electron chi connectivity index (χ4n) is 1.43. The van der Waals surface area contributed by atoms with Gasteiger partial charge in [-0.25, -0.2) is 0 Å². The number of anilines is 1. The zero-order valence-corrected chi connectivity index (χ0v) is 9.17. The second-order valence-electron chi connectivity index (χ2n) is 3.67. The molecule has 4 N–H and O–H groups in total. The van der Waals surface area contributed by atoms with Crippen LogP contribution < -0.4 is 5.73 Å². The van der Waals surface area contributed by atoms with Crippen LogP contribution in [-0.2, 0) is 16.1 Å². The lowest BCUT2D eigenvalue weighted by molar-refractivity contribution is -0.142. The molecule has 6 heteroatoms. The van der Waals surface area contributed by atoms with E-state index in [0.717, 1.165) is 5.56 Å². The van der Waals surface area contributed by atoms with Crippen molar-refractivity contribution in [3.05, 3.63) is 29.8 Å². The van der Waals surface area contributed by atoms with Gasteiger partial charge in [0, 0.05) is 12.2 Å². The third kappa shape index (κ3) is 4.98. The summed E-state index contributed by atoms with van der Waals surface area (Å²) in [6, 6.07) is 6.86. The molecule has 0 unspecified atom stereocenters. The Morgan fingerprint density at radius 1 is 1.06 bits per heavy atom. The van der Waals surface area contributed by atoms with E-state index in [4.69, 9.17) is 15.9 Å². The number of nitrogens with zero attached hydrogens (tertiary/aromatic N) is 1. The third-order valence-corrected chi connectivity index (χ3v) is 2.10. The first-order valence-electron chi connectivity index (χ1n) is 4.97. The first kappa shape index (κ1) is 13.0. The highest BCUT2D eigenvalue weighted by molar-refractivity contribution is 5.72. The summed E-state index contributed by atoms with van der Waals surface area (Å²) >= 11 is 0. The van der Waals surface area contributed by atoms with Gasteiger partial charge in [0.25, 0.3) is 0 Å². The van der Waals surface area contributed by atoms with Crippen LogP contribution in [0.4, 0.5) is 5.69 Å². The monoisotopic (exact) mass is 238 g/mol. The molecule has 1 aromatic rings. The minimum Gasteiger partial charge on any atom is -0.480 e. The molecule has 1 rings (SSSR count). The fourth-order valence-corrected chi connectivity index (χ4v) is 1.43. The molecule has 6 nitrogen and oxygen atoms in total. The summed E-state index contributed by atoms with van der Waals surface area (Å²) in [5.41, 5.74) is 6.95. The number of nitrogens with two attached hydrogens (primary N) is 1. The summed E-state index contributed by atoms with van der Waals surface area (Å²) in [5.74, 6) is -2.11. The number of hydrogen-bond donors (Lipinski definition) is 3. The Bertz CT molecular complexity index is 386. The van der Waals surface area contributed by atoms with Crippen molar-refractivity contribution in [3.8, 4) is 0 Å². The van der Waals surface area contributed by atoms with Crippen LogP contribution in [0.2, 0.25) is 0 Å². The van der Waals surface area contributed by atoms with Crippen LogP contribution in [0.1, 0.15) is 5.56 Å². The van der Waals surface area contributed by atoms with E-state index in [1.165, 1.54) is 4.90 Å². The lowest BCUT2D eigenvalue weighted by Crippen LogP contribution is -2.33. The van der Waals surface area contributed by atoms with Gasteiger partial charge in [-0.1, -0.05) is 12.1 Å². The summed E-state index contributed by atoms with van der Waals surface area (Å²) < 4.78 is 0. The van der Waals surface area contributed by atoms with Gasteiger partial charge in [0.1, 0.15) is 0 Å². The van der Waals surface area contributed by atoms with Crippen molar-refractivity contribution in [3.63, 3.8) is 0 Å². The first-order chi connectivity index (χ1) is 7.97. The lowest BCUT2D eigenvalue weighted by atomic mass is 10.2. The molecule has 0 fully saturated rings. The van der Waals surface area contributed by atoms with Crippen molar-refractivity contribution in [2.45, 2.75) is 6.54 Å². The Labute approximate surface area is 98.3 Å². The van der Waals surface area contributed by atoms with E-state index < -0.39 is 11.9 Å². The summed E-state index contributed by atoms with van der Waals surface area (Å²) in [6.07, 6.45) is 0. The predicted octanol–water partition coefficient (Wildman–Crippen LogP) is 0.240. The topological polar surface area (TPSA) is 104 Å². The van der Waals surface area contributed by atoms with E-state index in [2.05, 4.69) is 0 Å². The normalized spacial score (nSPS) is 10.4. The van der Waals surface area contributed by atoms with Gasteiger partial charge in [0.2, 0.25) is 0 Å². The van der Waals surface area contributed by atoms with Crippen LogP contribution in [0.15, 0.2) is 24.3 Å². The van der Waals surface area contributed by atoms with Gasteiger partial charge < -0.3 is 15.9 Å². The van der Waals surface area contributed by atoms with E-state index >= 15 is 0 Å². The molecule has 0 radical (unpaired) electrons. The van der Waals surface area contributed by atoms with Gasteiger partial charge in [-0.3, -0.25) is 14.5 Å². The Morgan fingerprint density at radius 3 is 1.94 bits per heavy atom. The van der Waals surface area contributed by atoms with Gasteiger partial charge in [-0.15, -0.1) is 0 Å². The number of benzene rings is 1. The average Bonchev–Trinajstić information content (AvgIpc) is 2.19. The third-order valence-electron chi connectivity index (χ3n) is 2.10. The van der Waals surface area contributed by atoms with Crippen LogP contribution in [0, 0.1) is 0 Å². The number of hydrogen-bond acceptors (Lipinski definition) is 4. The lowest BCUT2D eigenvalue weighted by Gasteiger charge is -2.17. The van der Waals surface area contributed by atoms with E-state index in [1.54, 1.807) is 24.3 Å². The SMILES string of the molecule is Nc1ccc(CN(CC(=O)O)CC(=O)O)cc1. The molecule has 0 saturated carbocycles. The molecule has 0 aliphatic heterocycles. The van der Waals surface area contributed by atoms with Crippen molar-refractivity contribution in [1.29, 1.82) is 0 Å². The second-order valence-corrected chi connectivity index (χ2v) is 3.67. The predicted molar refractivity (Wildman–Crippen MR) is 61.4 cm³/mol. The molecule has 0 saturated heterocycles. The van der Waals surface area contributed by atoms with Gasteiger partial charge in [-0.05, 0) is 17.7 Å². The molecule has 0 amide bonds. The number of nitrogen functional groups attached to an aromatic ring is 1. The number of carboxylic acids is 2. The average molecular weight is 238 g/mol. The minimum atomic E-state index is -1.05. The molecule has 0 spiro atoms. The summed E-state index contributed by atoms with van der Waals surface area (Å²) in [7, 11) is 0. The van der Waals surface area contributed by atoms with Crippen LogP contribution >= 0.6 is 0 Å². The van der Waals surface area contributed by atoms with Crippen molar-refractivity contribution >= 4 is 17.6 Å². The Kier molecular flexibility index (Phi) is 4.47.